The standard InChI is InChI=1S/C24H27N3O4/c25-22(28)11-10-16-5-4-12-27(15-16)24(30)18-7-3-8-19(13-18)26-23(29)21-14-17-6-1-2-9-20(17)31-21/h1-3,6-9,13,16,21H,4-5,10-12,14-15H2,(H2,25,28)(H,26,29). The van der Waals surface area contributed by atoms with E-state index in [-0.39, 0.29) is 23.6 Å². The number of piperidine rings is 1. The van der Waals surface area contributed by atoms with Gasteiger partial charge >= 0.3 is 0 Å². The Morgan fingerprint density at radius 1 is 1.13 bits per heavy atom. The fourth-order valence-electron chi connectivity index (χ4n) is 4.30. The first-order valence-electron chi connectivity index (χ1n) is 10.7. The van der Waals surface area contributed by atoms with Crippen LogP contribution in [0.15, 0.2) is 48.5 Å². The van der Waals surface area contributed by atoms with Gasteiger partial charge in [0, 0.05) is 37.2 Å². The molecule has 2 unspecified atom stereocenters. The van der Waals surface area contributed by atoms with Gasteiger partial charge in [0.1, 0.15) is 5.75 Å². The maximum atomic E-state index is 13.0. The molecule has 2 aliphatic rings. The van der Waals surface area contributed by atoms with Crippen LogP contribution in [0.25, 0.3) is 0 Å². The van der Waals surface area contributed by atoms with Crippen LogP contribution in [0.5, 0.6) is 5.75 Å². The van der Waals surface area contributed by atoms with E-state index in [1.54, 1.807) is 24.3 Å². The van der Waals surface area contributed by atoms with Crippen molar-refractivity contribution in [3.05, 3.63) is 59.7 Å². The first kappa shape index (κ1) is 20.9. The number of likely N-dealkylation sites (tertiary alicyclic amines) is 1. The molecular formula is C24H27N3O4. The number of primary amides is 1. The zero-order valence-corrected chi connectivity index (χ0v) is 17.4. The van der Waals surface area contributed by atoms with Gasteiger partial charge in [-0.15, -0.1) is 0 Å². The number of rotatable bonds is 6. The third-order valence-electron chi connectivity index (χ3n) is 5.92. The Kier molecular flexibility index (Phi) is 6.21. The van der Waals surface area contributed by atoms with Crippen LogP contribution in [0.4, 0.5) is 5.69 Å². The summed E-state index contributed by atoms with van der Waals surface area (Å²) in [5.74, 6) is 0.424. The van der Waals surface area contributed by atoms with Crippen molar-refractivity contribution in [2.24, 2.45) is 11.7 Å². The largest absolute Gasteiger partial charge is 0.480 e. The molecule has 3 N–H and O–H groups in total. The zero-order chi connectivity index (χ0) is 21.8. The van der Waals surface area contributed by atoms with E-state index in [4.69, 9.17) is 10.5 Å². The lowest BCUT2D eigenvalue weighted by Crippen LogP contribution is -2.40. The fourth-order valence-corrected chi connectivity index (χ4v) is 4.30. The molecule has 2 aromatic rings. The van der Waals surface area contributed by atoms with Crippen LogP contribution in [0.1, 0.15) is 41.6 Å². The van der Waals surface area contributed by atoms with Gasteiger partial charge in [-0.2, -0.15) is 0 Å². The van der Waals surface area contributed by atoms with E-state index in [0.717, 1.165) is 24.2 Å². The molecule has 162 valence electrons. The van der Waals surface area contributed by atoms with E-state index < -0.39 is 6.10 Å². The second-order valence-electron chi connectivity index (χ2n) is 8.25. The van der Waals surface area contributed by atoms with Crippen molar-refractivity contribution in [1.29, 1.82) is 0 Å². The molecular weight excluding hydrogens is 394 g/mol. The van der Waals surface area contributed by atoms with E-state index in [9.17, 15) is 14.4 Å². The molecule has 0 radical (unpaired) electrons. The average Bonchev–Trinajstić information content (AvgIpc) is 3.22. The monoisotopic (exact) mass is 421 g/mol. The van der Waals surface area contributed by atoms with Crippen molar-refractivity contribution in [1.82, 2.24) is 4.90 Å². The number of carbonyl (C=O) groups is 3. The maximum absolute atomic E-state index is 13.0. The molecule has 1 fully saturated rings. The summed E-state index contributed by atoms with van der Waals surface area (Å²) < 4.78 is 5.75. The van der Waals surface area contributed by atoms with Gasteiger partial charge in [0.15, 0.2) is 6.10 Å². The molecule has 0 spiro atoms. The lowest BCUT2D eigenvalue weighted by molar-refractivity contribution is -0.122. The normalized spacial score (nSPS) is 19.9. The van der Waals surface area contributed by atoms with Gasteiger partial charge in [0.25, 0.3) is 11.8 Å². The molecule has 0 aliphatic carbocycles. The summed E-state index contributed by atoms with van der Waals surface area (Å²) >= 11 is 0. The minimum Gasteiger partial charge on any atom is -0.480 e. The second kappa shape index (κ2) is 9.20. The number of anilines is 1. The summed E-state index contributed by atoms with van der Waals surface area (Å²) in [6, 6.07) is 14.6. The van der Waals surface area contributed by atoms with Gasteiger partial charge in [0.05, 0.1) is 0 Å². The molecule has 2 heterocycles. The van der Waals surface area contributed by atoms with Crippen LogP contribution >= 0.6 is 0 Å². The van der Waals surface area contributed by atoms with Crippen LogP contribution < -0.4 is 15.8 Å². The van der Waals surface area contributed by atoms with Crippen molar-refractivity contribution in [2.75, 3.05) is 18.4 Å². The third kappa shape index (κ3) is 5.05. The molecule has 0 bridgehead atoms. The van der Waals surface area contributed by atoms with Gasteiger partial charge in [-0.3, -0.25) is 14.4 Å². The molecule has 7 nitrogen and oxygen atoms in total. The highest BCUT2D eigenvalue weighted by Gasteiger charge is 2.29. The summed E-state index contributed by atoms with van der Waals surface area (Å²) in [7, 11) is 0. The molecule has 1 saturated heterocycles. The SMILES string of the molecule is NC(=O)CCC1CCCN(C(=O)c2cccc(NC(=O)C3Cc4ccccc4O3)c2)C1. The topological polar surface area (TPSA) is 102 Å². The van der Waals surface area contributed by atoms with Gasteiger partial charge in [-0.05, 0) is 55.0 Å². The summed E-state index contributed by atoms with van der Waals surface area (Å²) in [6.07, 6.45) is 2.91. The first-order chi connectivity index (χ1) is 15.0. The number of nitrogens with one attached hydrogen (secondary N) is 1. The zero-order valence-electron chi connectivity index (χ0n) is 17.4. The van der Waals surface area contributed by atoms with Crippen molar-refractivity contribution in [3.63, 3.8) is 0 Å². The first-order valence-corrected chi connectivity index (χ1v) is 10.7. The van der Waals surface area contributed by atoms with E-state index in [1.165, 1.54) is 0 Å². The van der Waals surface area contributed by atoms with Crippen LogP contribution in [-0.4, -0.2) is 41.8 Å². The predicted molar refractivity (Wildman–Crippen MR) is 117 cm³/mol. The predicted octanol–water partition coefficient (Wildman–Crippen LogP) is 2.75. The number of hydrogen-bond acceptors (Lipinski definition) is 4. The van der Waals surface area contributed by atoms with Gasteiger partial charge in [0.2, 0.25) is 5.91 Å². The van der Waals surface area contributed by atoms with Crippen LogP contribution in [0.3, 0.4) is 0 Å². The minimum absolute atomic E-state index is 0.0654. The molecule has 31 heavy (non-hydrogen) atoms. The van der Waals surface area contributed by atoms with E-state index >= 15 is 0 Å². The Morgan fingerprint density at radius 2 is 1.97 bits per heavy atom. The number of amides is 3. The summed E-state index contributed by atoms with van der Waals surface area (Å²) in [6.45, 7) is 1.31. The van der Waals surface area contributed by atoms with Gasteiger partial charge in [-0.25, -0.2) is 0 Å². The van der Waals surface area contributed by atoms with Gasteiger partial charge in [-0.1, -0.05) is 24.3 Å². The van der Waals surface area contributed by atoms with E-state index in [0.29, 0.717) is 43.6 Å². The Hall–Kier alpha value is -3.35. The summed E-state index contributed by atoms with van der Waals surface area (Å²) in [5, 5.41) is 2.87. The fraction of sp³-hybridized carbons (Fsp3) is 0.375. The van der Waals surface area contributed by atoms with Crippen molar-refractivity contribution >= 4 is 23.4 Å². The minimum atomic E-state index is -0.579. The number of ether oxygens (including phenoxy) is 1. The quantitative estimate of drug-likeness (QED) is 0.749. The van der Waals surface area contributed by atoms with Crippen LogP contribution in [0.2, 0.25) is 0 Å². The Labute approximate surface area is 181 Å². The second-order valence-corrected chi connectivity index (χ2v) is 8.25. The molecule has 4 rings (SSSR count). The van der Waals surface area contributed by atoms with Gasteiger partial charge < -0.3 is 20.7 Å². The van der Waals surface area contributed by atoms with Crippen molar-refractivity contribution in [3.8, 4) is 5.75 Å². The summed E-state index contributed by atoms with van der Waals surface area (Å²) in [4.78, 5) is 38.6. The number of para-hydroxylation sites is 1. The van der Waals surface area contributed by atoms with Crippen molar-refractivity contribution in [2.45, 2.75) is 38.2 Å². The smallest absolute Gasteiger partial charge is 0.265 e. The number of hydrogen-bond donors (Lipinski definition) is 2. The highest BCUT2D eigenvalue weighted by atomic mass is 16.5. The molecule has 0 aromatic heterocycles. The van der Waals surface area contributed by atoms with Crippen LogP contribution in [0, 0.1) is 5.92 Å². The molecule has 3 amide bonds. The molecule has 0 saturated carbocycles. The molecule has 7 heteroatoms. The highest BCUT2D eigenvalue weighted by molar-refractivity contribution is 5.98. The van der Waals surface area contributed by atoms with E-state index in [2.05, 4.69) is 5.32 Å². The molecule has 2 atom stereocenters. The van der Waals surface area contributed by atoms with E-state index in [1.807, 2.05) is 29.2 Å². The Morgan fingerprint density at radius 3 is 2.77 bits per heavy atom. The number of nitrogens with two attached hydrogens (primary N) is 1. The molecule has 2 aliphatic heterocycles. The number of fused-ring (bicyclic) bond motifs is 1. The third-order valence-corrected chi connectivity index (χ3v) is 5.92. The lowest BCUT2D eigenvalue weighted by Gasteiger charge is -2.32. The maximum Gasteiger partial charge on any atom is 0.265 e. The Bertz CT molecular complexity index is 965. The lowest BCUT2D eigenvalue weighted by atomic mass is 9.93. The van der Waals surface area contributed by atoms with Crippen molar-refractivity contribution < 1.29 is 19.1 Å². The molecule has 2 aromatic carbocycles. The summed E-state index contributed by atoms with van der Waals surface area (Å²) in [5.41, 5.74) is 7.37. The highest BCUT2D eigenvalue weighted by Crippen LogP contribution is 2.29. The Balaban J connectivity index is 1.37. The van der Waals surface area contributed by atoms with Crippen LogP contribution in [-0.2, 0) is 16.0 Å². The number of benzene rings is 2. The number of nitrogens with zero attached hydrogens (tertiary/aromatic N) is 1. The number of carbonyl (C=O) groups excluding carboxylic acids is 3. The average molecular weight is 421 g/mol.